The van der Waals surface area contributed by atoms with Crippen molar-refractivity contribution in [3.05, 3.63) is 29.8 Å². The summed E-state index contributed by atoms with van der Waals surface area (Å²) < 4.78 is 5.94. The van der Waals surface area contributed by atoms with Gasteiger partial charge in [-0.1, -0.05) is 44.9 Å². The van der Waals surface area contributed by atoms with Gasteiger partial charge < -0.3 is 20.7 Å². The van der Waals surface area contributed by atoms with Crippen molar-refractivity contribution in [2.24, 2.45) is 0 Å². The van der Waals surface area contributed by atoms with Gasteiger partial charge in [-0.05, 0) is 6.07 Å². The van der Waals surface area contributed by atoms with Gasteiger partial charge >= 0.3 is 0 Å². The van der Waals surface area contributed by atoms with Crippen LogP contribution in [0.4, 0.5) is 5.69 Å². The van der Waals surface area contributed by atoms with E-state index in [9.17, 15) is 10.2 Å². The number of aliphatic hydroxyl groups excluding tert-OH is 1. The van der Waals surface area contributed by atoms with Crippen LogP contribution < -0.4 is 5.73 Å². The van der Waals surface area contributed by atoms with Crippen LogP contribution in [0.3, 0.4) is 0 Å². The summed E-state index contributed by atoms with van der Waals surface area (Å²) in [6.07, 6.45) is 2.87. The number of ether oxygens (including phenoxy) is 1. The predicted molar refractivity (Wildman–Crippen MR) is 81.1 cm³/mol. The average Bonchev–Trinajstić information content (AvgIpc) is 2.39. The number of para-hydroxylation sites is 1. The fraction of sp³-hybridized carbons (Fsp3) is 0.625. The summed E-state index contributed by atoms with van der Waals surface area (Å²) in [7, 11) is 0. The quantitative estimate of drug-likeness (QED) is 0.480. The van der Waals surface area contributed by atoms with Crippen molar-refractivity contribution in [3.8, 4) is 0 Å². The average molecular weight is 281 g/mol. The van der Waals surface area contributed by atoms with E-state index in [1.807, 2.05) is 38.1 Å². The summed E-state index contributed by atoms with van der Waals surface area (Å²) in [5.41, 5.74) is 7.43. The number of hydrogen-bond donors (Lipinski definition) is 3. The smallest absolute Gasteiger partial charge is 0.166 e. The van der Waals surface area contributed by atoms with E-state index in [1.54, 1.807) is 0 Å². The minimum atomic E-state index is -1.15. The molecular formula is C16H27NO3. The van der Waals surface area contributed by atoms with E-state index in [0.717, 1.165) is 18.4 Å². The van der Waals surface area contributed by atoms with E-state index < -0.39 is 5.79 Å². The second-order valence-corrected chi connectivity index (χ2v) is 5.19. The maximum atomic E-state index is 10.6. The van der Waals surface area contributed by atoms with E-state index in [4.69, 9.17) is 10.5 Å². The van der Waals surface area contributed by atoms with Crippen molar-refractivity contribution in [1.82, 2.24) is 0 Å². The highest BCUT2D eigenvalue weighted by molar-refractivity contribution is 5.47. The fourth-order valence-corrected chi connectivity index (χ4v) is 2.49. The molecule has 4 nitrogen and oxygen atoms in total. The van der Waals surface area contributed by atoms with Crippen molar-refractivity contribution in [2.45, 2.75) is 57.8 Å². The van der Waals surface area contributed by atoms with E-state index in [0.29, 0.717) is 24.9 Å². The third-order valence-corrected chi connectivity index (χ3v) is 3.38. The maximum Gasteiger partial charge on any atom is 0.166 e. The molecule has 114 valence electrons. The summed E-state index contributed by atoms with van der Waals surface area (Å²) in [4.78, 5) is 0. The minimum Gasteiger partial charge on any atom is -0.398 e. The lowest BCUT2D eigenvalue weighted by Crippen LogP contribution is -2.34. The summed E-state index contributed by atoms with van der Waals surface area (Å²) >= 11 is 0. The normalized spacial score (nSPS) is 13.4. The van der Waals surface area contributed by atoms with Gasteiger partial charge in [-0.3, -0.25) is 0 Å². The van der Waals surface area contributed by atoms with Crippen LogP contribution in [0.5, 0.6) is 0 Å². The molecule has 0 bridgehead atoms. The third-order valence-electron chi connectivity index (χ3n) is 3.38. The van der Waals surface area contributed by atoms with Gasteiger partial charge in [0.25, 0.3) is 0 Å². The Morgan fingerprint density at radius 1 is 1.20 bits per heavy atom. The molecule has 0 aliphatic carbocycles. The van der Waals surface area contributed by atoms with E-state index in [1.165, 1.54) is 0 Å². The predicted octanol–water partition coefficient (Wildman–Crippen LogP) is 3.00. The van der Waals surface area contributed by atoms with Crippen LogP contribution in [0.1, 0.15) is 57.6 Å². The number of anilines is 1. The molecule has 1 aromatic rings. The Bertz CT molecular complexity index is 389. The number of aliphatic hydroxyl groups is 2. The van der Waals surface area contributed by atoms with Crippen LogP contribution in [0.15, 0.2) is 24.3 Å². The van der Waals surface area contributed by atoms with Gasteiger partial charge in [0.05, 0.1) is 6.10 Å². The van der Waals surface area contributed by atoms with Gasteiger partial charge in [0.2, 0.25) is 0 Å². The molecular weight excluding hydrogens is 254 g/mol. The molecule has 1 unspecified atom stereocenters. The molecule has 0 spiro atoms. The molecule has 0 radical (unpaired) electrons. The standard InChI is InChI=1S/C16H27NO3/c1-3-10-16(19,11-4-2)20-15(9-12-18)13-7-5-6-8-14(13)17/h5-8,15,18-19H,3-4,9-12,17H2,1-2H3. The molecule has 0 saturated heterocycles. The Labute approximate surface area is 121 Å². The van der Waals surface area contributed by atoms with Gasteiger partial charge in [0.15, 0.2) is 5.79 Å². The van der Waals surface area contributed by atoms with Crippen LogP contribution in [-0.4, -0.2) is 22.6 Å². The zero-order valence-corrected chi connectivity index (χ0v) is 12.5. The van der Waals surface area contributed by atoms with E-state index >= 15 is 0 Å². The molecule has 20 heavy (non-hydrogen) atoms. The van der Waals surface area contributed by atoms with Gasteiger partial charge in [-0.15, -0.1) is 0 Å². The Kier molecular flexibility index (Phi) is 6.99. The van der Waals surface area contributed by atoms with Crippen molar-refractivity contribution >= 4 is 5.69 Å². The van der Waals surface area contributed by atoms with Gasteiger partial charge in [-0.25, -0.2) is 0 Å². The molecule has 0 fully saturated rings. The first-order valence-corrected chi connectivity index (χ1v) is 7.41. The molecule has 1 rings (SSSR count). The highest BCUT2D eigenvalue weighted by atomic mass is 16.6. The van der Waals surface area contributed by atoms with Crippen molar-refractivity contribution in [1.29, 1.82) is 0 Å². The first-order valence-electron chi connectivity index (χ1n) is 7.41. The topological polar surface area (TPSA) is 75.7 Å². The largest absolute Gasteiger partial charge is 0.398 e. The molecule has 0 aliphatic rings. The number of hydrogen-bond acceptors (Lipinski definition) is 4. The second-order valence-electron chi connectivity index (χ2n) is 5.19. The molecule has 1 atom stereocenters. The molecule has 0 heterocycles. The third kappa shape index (κ3) is 4.78. The molecule has 1 aromatic carbocycles. The molecule has 4 N–H and O–H groups in total. The first kappa shape index (κ1) is 17.0. The minimum absolute atomic E-state index is 0.00662. The molecule has 4 heteroatoms. The van der Waals surface area contributed by atoms with Crippen LogP contribution in [0.25, 0.3) is 0 Å². The number of rotatable bonds is 9. The van der Waals surface area contributed by atoms with Gasteiger partial charge in [0.1, 0.15) is 0 Å². The molecule has 0 aliphatic heterocycles. The zero-order valence-electron chi connectivity index (χ0n) is 12.5. The van der Waals surface area contributed by atoms with Crippen LogP contribution >= 0.6 is 0 Å². The lowest BCUT2D eigenvalue weighted by molar-refractivity contribution is -0.242. The summed E-state index contributed by atoms with van der Waals surface area (Å²) in [6.45, 7) is 4.02. The van der Waals surface area contributed by atoms with Crippen LogP contribution in [0, 0.1) is 0 Å². The van der Waals surface area contributed by atoms with Crippen molar-refractivity contribution in [2.75, 3.05) is 12.3 Å². The highest BCUT2D eigenvalue weighted by Gasteiger charge is 2.30. The van der Waals surface area contributed by atoms with Crippen LogP contribution in [0.2, 0.25) is 0 Å². The Morgan fingerprint density at radius 3 is 2.30 bits per heavy atom. The Balaban J connectivity index is 2.93. The molecule has 0 aromatic heterocycles. The molecule has 0 saturated carbocycles. The van der Waals surface area contributed by atoms with Crippen molar-refractivity contribution < 1.29 is 14.9 Å². The van der Waals surface area contributed by atoms with Crippen LogP contribution in [-0.2, 0) is 4.74 Å². The molecule has 0 amide bonds. The second kappa shape index (κ2) is 8.25. The highest BCUT2D eigenvalue weighted by Crippen LogP contribution is 2.33. The van der Waals surface area contributed by atoms with E-state index in [2.05, 4.69) is 0 Å². The number of nitrogen functional groups attached to an aromatic ring is 1. The Morgan fingerprint density at radius 2 is 1.80 bits per heavy atom. The summed E-state index contributed by atoms with van der Waals surface area (Å²) in [5.74, 6) is -1.15. The SMILES string of the molecule is CCCC(O)(CCC)OC(CCO)c1ccccc1N. The lowest BCUT2D eigenvalue weighted by Gasteiger charge is -2.33. The summed E-state index contributed by atoms with van der Waals surface area (Å²) in [6, 6.07) is 7.44. The lowest BCUT2D eigenvalue weighted by atomic mass is 10.0. The van der Waals surface area contributed by atoms with E-state index in [-0.39, 0.29) is 12.7 Å². The number of benzene rings is 1. The van der Waals surface area contributed by atoms with Gasteiger partial charge in [0, 0.05) is 37.1 Å². The van der Waals surface area contributed by atoms with Crippen molar-refractivity contribution in [3.63, 3.8) is 0 Å². The zero-order chi connectivity index (χ0) is 15.0. The van der Waals surface area contributed by atoms with Gasteiger partial charge in [-0.2, -0.15) is 0 Å². The summed E-state index contributed by atoms with van der Waals surface area (Å²) in [5, 5.41) is 19.9. The monoisotopic (exact) mass is 281 g/mol. The number of nitrogens with two attached hydrogens (primary N) is 1. The maximum absolute atomic E-state index is 10.6. The first-order chi connectivity index (χ1) is 9.56. The Hall–Kier alpha value is -1.10. The fourth-order valence-electron chi connectivity index (χ4n) is 2.49.